The monoisotopic (exact) mass is 375 g/mol. The van der Waals surface area contributed by atoms with Gasteiger partial charge in [0, 0.05) is 11.1 Å². The maximum absolute atomic E-state index is 13.4. The van der Waals surface area contributed by atoms with Crippen LogP contribution in [0.4, 0.5) is 16.0 Å². The Labute approximate surface area is 161 Å². The minimum Gasteiger partial charge on any atom is -0.371 e. The van der Waals surface area contributed by atoms with Crippen molar-refractivity contribution in [2.75, 3.05) is 11.9 Å². The highest BCUT2D eigenvalue weighted by Crippen LogP contribution is 2.31. The summed E-state index contributed by atoms with van der Waals surface area (Å²) in [5, 5.41) is 13.0. The molecule has 1 N–H and O–H groups in total. The maximum Gasteiger partial charge on any atom is 0.229 e. The first-order valence-electron chi connectivity index (χ1n) is 9.09. The summed E-state index contributed by atoms with van der Waals surface area (Å²) >= 11 is 0. The molecule has 7 heteroatoms. The Morgan fingerprint density at radius 2 is 1.93 bits per heavy atom. The lowest BCUT2D eigenvalue weighted by Gasteiger charge is -2.26. The zero-order chi connectivity index (χ0) is 19.1. The van der Waals surface area contributed by atoms with E-state index in [-0.39, 0.29) is 11.9 Å². The lowest BCUT2D eigenvalue weighted by molar-refractivity contribution is 0.0670. The van der Waals surface area contributed by atoms with Crippen LogP contribution in [0.15, 0.2) is 54.6 Å². The summed E-state index contributed by atoms with van der Waals surface area (Å²) in [5.74, 6) is 1.10. The summed E-state index contributed by atoms with van der Waals surface area (Å²) in [6.45, 7) is 2.84. The SMILES string of the molecule is Cc1ccc2c(Nc3nnc4n3C(c3ccc(F)cc3)COC4)cccc2n1. The molecular weight excluding hydrogens is 357 g/mol. The fourth-order valence-corrected chi connectivity index (χ4v) is 3.59. The molecule has 2 aromatic heterocycles. The topological polar surface area (TPSA) is 64.9 Å². The Kier molecular flexibility index (Phi) is 4.02. The zero-order valence-electron chi connectivity index (χ0n) is 15.3. The number of aromatic nitrogens is 4. The van der Waals surface area contributed by atoms with E-state index in [0.29, 0.717) is 19.2 Å². The summed E-state index contributed by atoms with van der Waals surface area (Å²) in [6, 6.07) is 16.3. The number of fused-ring (bicyclic) bond motifs is 2. The molecule has 28 heavy (non-hydrogen) atoms. The minimum atomic E-state index is -0.263. The molecule has 0 bridgehead atoms. The van der Waals surface area contributed by atoms with Gasteiger partial charge in [-0.05, 0) is 48.9 Å². The number of anilines is 2. The quantitative estimate of drug-likeness (QED) is 0.583. The predicted molar refractivity (Wildman–Crippen MR) is 104 cm³/mol. The molecule has 3 heterocycles. The molecule has 1 atom stereocenters. The van der Waals surface area contributed by atoms with Crippen molar-refractivity contribution in [3.63, 3.8) is 0 Å². The van der Waals surface area contributed by atoms with E-state index in [4.69, 9.17) is 4.74 Å². The van der Waals surface area contributed by atoms with E-state index in [1.165, 1.54) is 12.1 Å². The van der Waals surface area contributed by atoms with E-state index in [2.05, 4.69) is 20.5 Å². The van der Waals surface area contributed by atoms with Crippen LogP contribution in [0.5, 0.6) is 0 Å². The molecule has 6 nitrogen and oxygen atoms in total. The van der Waals surface area contributed by atoms with Crippen LogP contribution in [0.1, 0.15) is 23.1 Å². The normalized spacial score (nSPS) is 16.1. The van der Waals surface area contributed by atoms with Crippen molar-refractivity contribution in [1.29, 1.82) is 0 Å². The standard InChI is InChI=1S/C21H18FN5O/c1-13-5-10-16-17(23-13)3-2-4-18(16)24-21-26-25-20-12-28-11-19(27(20)21)14-6-8-15(22)9-7-14/h2-10,19H,11-12H2,1H3,(H,24,26). The smallest absolute Gasteiger partial charge is 0.229 e. The number of nitrogens with one attached hydrogen (secondary N) is 1. The van der Waals surface area contributed by atoms with Gasteiger partial charge in [0.1, 0.15) is 12.4 Å². The molecule has 4 aromatic rings. The van der Waals surface area contributed by atoms with E-state index < -0.39 is 0 Å². The van der Waals surface area contributed by atoms with Gasteiger partial charge in [-0.1, -0.05) is 18.2 Å². The lowest BCUT2D eigenvalue weighted by Crippen LogP contribution is -2.25. The van der Waals surface area contributed by atoms with Crippen LogP contribution in [0.3, 0.4) is 0 Å². The molecule has 0 aliphatic carbocycles. The van der Waals surface area contributed by atoms with Crippen LogP contribution in [0.2, 0.25) is 0 Å². The average molecular weight is 375 g/mol. The van der Waals surface area contributed by atoms with Gasteiger partial charge < -0.3 is 10.1 Å². The Morgan fingerprint density at radius 1 is 1.07 bits per heavy atom. The van der Waals surface area contributed by atoms with Crippen LogP contribution >= 0.6 is 0 Å². The molecular formula is C21H18FN5O. The van der Waals surface area contributed by atoms with Crippen molar-refractivity contribution in [3.05, 3.63) is 77.5 Å². The van der Waals surface area contributed by atoms with Crippen LogP contribution < -0.4 is 5.32 Å². The van der Waals surface area contributed by atoms with Gasteiger partial charge in [0.05, 0.1) is 23.9 Å². The molecule has 0 saturated carbocycles. The second kappa shape index (κ2) is 6.69. The van der Waals surface area contributed by atoms with Crippen molar-refractivity contribution in [1.82, 2.24) is 19.7 Å². The first-order valence-corrected chi connectivity index (χ1v) is 9.09. The summed E-state index contributed by atoms with van der Waals surface area (Å²) in [7, 11) is 0. The lowest BCUT2D eigenvalue weighted by atomic mass is 10.1. The number of hydrogen-bond acceptors (Lipinski definition) is 5. The number of hydrogen-bond donors (Lipinski definition) is 1. The van der Waals surface area contributed by atoms with Gasteiger partial charge in [0.15, 0.2) is 5.82 Å². The third kappa shape index (κ3) is 2.90. The Morgan fingerprint density at radius 3 is 2.79 bits per heavy atom. The van der Waals surface area contributed by atoms with Crippen molar-refractivity contribution in [2.45, 2.75) is 19.6 Å². The highest BCUT2D eigenvalue weighted by atomic mass is 19.1. The first kappa shape index (κ1) is 16.8. The molecule has 0 spiro atoms. The van der Waals surface area contributed by atoms with E-state index in [1.807, 2.05) is 41.8 Å². The fraction of sp³-hybridized carbons (Fsp3) is 0.190. The second-order valence-electron chi connectivity index (χ2n) is 6.84. The van der Waals surface area contributed by atoms with Gasteiger partial charge in [0.25, 0.3) is 0 Å². The molecule has 2 aromatic carbocycles. The van der Waals surface area contributed by atoms with Crippen molar-refractivity contribution in [2.24, 2.45) is 0 Å². The van der Waals surface area contributed by atoms with Gasteiger partial charge in [-0.3, -0.25) is 9.55 Å². The number of halogens is 1. The van der Waals surface area contributed by atoms with E-state index in [0.717, 1.165) is 33.7 Å². The number of nitrogens with zero attached hydrogens (tertiary/aromatic N) is 4. The summed E-state index contributed by atoms with van der Waals surface area (Å²) in [5.41, 5.74) is 3.74. The van der Waals surface area contributed by atoms with Crippen LogP contribution in [0, 0.1) is 12.7 Å². The van der Waals surface area contributed by atoms with Crippen LogP contribution in [0.25, 0.3) is 10.9 Å². The summed E-state index contributed by atoms with van der Waals surface area (Å²) in [4.78, 5) is 4.59. The molecule has 1 aliphatic rings. The largest absolute Gasteiger partial charge is 0.371 e. The first-order chi connectivity index (χ1) is 13.7. The van der Waals surface area contributed by atoms with Gasteiger partial charge >= 0.3 is 0 Å². The fourth-order valence-electron chi connectivity index (χ4n) is 3.59. The second-order valence-corrected chi connectivity index (χ2v) is 6.84. The van der Waals surface area contributed by atoms with Crippen LogP contribution in [-0.4, -0.2) is 26.4 Å². The summed E-state index contributed by atoms with van der Waals surface area (Å²) < 4.78 is 21.1. The van der Waals surface area contributed by atoms with Crippen molar-refractivity contribution < 1.29 is 9.13 Å². The van der Waals surface area contributed by atoms with Gasteiger partial charge in [-0.15, -0.1) is 10.2 Å². The third-order valence-electron chi connectivity index (χ3n) is 4.96. The van der Waals surface area contributed by atoms with Crippen LogP contribution in [-0.2, 0) is 11.3 Å². The molecule has 0 amide bonds. The molecule has 0 radical (unpaired) electrons. The van der Waals surface area contributed by atoms with Crippen molar-refractivity contribution in [3.8, 4) is 0 Å². The molecule has 1 aliphatic heterocycles. The molecule has 140 valence electrons. The molecule has 0 fully saturated rings. The highest BCUT2D eigenvalue weighted by Gasteiger charge is 2.27. The Balaban J connectivity index is 1.56. The number of pyridine rings is 1. The maximum atomic E-state index is 13.4. The van der Waals surface area contributed by atoms with E-state index in [1.54, 1.807) is 12.1 Å². The molecule has 5 rings (SSSR count). The highest BCUT2D eigenvalue weighted by molar-refractivity contribution is 5.92. The van der Waals surface area contributed by atoms with Crippen molar-refractivity contribution >= 4 is 22.5 Å². The zero-order valence-corrected chi connectivity index (χ0v) is 15.3. The van der Waals surface area contributed by atoms with E-state index >= 15 is 0 Å². The predicted octanol–water partition coefficient (Wildman–Crippen LogP) is 4.14. The number of rotatable bonds is 3. The number of ether oxygens (including phenoxy) is 1. The number of benzene rings is 2. The third-order valence-corrected chi connectivity index (χ3v) is 4.96. The molecule has 1 unspecified atom stereocenters. The summed E-state index contributed by atoms with van der Waals surface area (Å²) in [6.07, 6.45) is 0. The Hall–Kier alpha value is -3.32. The minimum absolute atomic E-state index is 0.128. The molecule has 0 saturated heterocycles. The van der Waals surface area contributed by atoms with E-state index in [9.17, 15) is 4.39 Å². The van der Waals surface area contributed by atoms with Gasteiger partial charge in [0.2, 0.25) is 5.95 Å². The van der Waals surface area contributed by atoms with Gasteiger partial charge in [-0.2, -0.15) is 0 Å². The Bertz CT molecular complexity index is 1160. The average Bonchev–Trinajstić information content (AvgIpc) is 3.12. The van der Waals surface area contributed by atoms with Gasteiger partial charge in [-0.25, -0.2) is 4.39 Å². The number of aryl methyl sites for hydroxylation is 1.